The molecular weight excluding hydrogens is 462 g/mol. The maximum atomic E-state index is 12.5. The Balaban J connectivity index is 1.55. The molecule has 4 N–H and O–H groups in total. The molecule has 2 amide bonds. The number of hydrogen-bond donors (Lipinski definition) is 3. The van der Waals surface area contributed by atoms with Crippen molar-refractivity contribution in [3.05, 3.63) is 78.4 Å². The number of primary sulfonamides is 1. The average molecular weight is 486 g/mol. The van der Waals surface area contributed by atoms with Gasteiger partial charge in [0.15, 0.2) is 0 Å². The van der Waals surface area contributed by atoms with Crippen LogP contribution in [0, 0.1) is 0 Å². The van der Waals surface area contributed by atoms with E-state index in [-0.39, 0.29) is 16.7 Å². The number of amides is 2. The van der Waals surface area contributed by atoms with Crippen LogP contribution < -0.4 is 20.5 Å². The number of carbonyl (C=O) groups excluding carboxylic acids is 2. The second-order valence-electron chi connectivity index (χ2n) is 7.03. The summed E-state index contributed by atoms with van der Waals surface area (Å²) < 4.78 is 27.7. The Labute approximate surface area is 196 Å². The highest BCUT2D eigenvalue weighted by atomic mass is 32.2. The normalized spacial score (nSPS) is 12.0. The molecule has 3 aromatic rings. The predicted molar refractivity (Wildman–Crippen MR) is 129 cm³/mol. The lowest BCUT2D eigenvalue weighted by molar-refractivity contribution is -0.115. The van der Waals surface area contributed by atoms with Crippen LogP contribution in [0.25, 0.3) is 0 Å². The number of ether oxygens (including phenoxy) is 1. The third kappa shape index (κ3) is 6.82. The highest BCUT2D eigenvalue weighted by Gasteiger charge is 2.15. The van der Waals surface area contributed by atoms with Gasteiger partial charge in [0.1, 0.15) is 5.75 Å². The second kappa shape index (κ2) is 10.5. The Morgan fingerprint density at radius 1 is 0.879 bits per heavy atom. The van der Waals surface area contributed by atoms with E-state index < -0.39 is 15.3 Å². The van der Waals surface area contributed by atoms with Crippen LogP contribution in [0.2, 0.25) is 0 Å². The van der Waals surface area contributed by atoms with Crippen LogP contribution >= 0.6 is 11.8 Å². The summed E-state index contributed by atoms with van der Waals surface area (Å²) in [5.74, 6) is 0.200. The summed E-state index contributed by atoms with van der Waals surface area (Å²) >= 11 is 1.35. The molecule has 0 heterocycles. The van der Waals surface area contributed by atoms with E-state index in [1.54, 1.807) is 50.4 Å². The minimum atomic E-state index is -3.78. The van der Waals surface area contributed by atoms with Crippen molar-refractivity contribution in [3.8, 4) is 5.75 Å². The first kappa shape index (κ1) is 24.3. The summed E-state index contributed by atoms with van der Waals surface area (Å²) in [7, 11) is -2.22. The van der Waals surface area contributed by atoms with E-state index in [1.807, 2.05) is 12.1 Å². The molecule has 3 aromatic carbocycles. The Morgan fingerprint density at radius 2 is 1.42 bits per heavy atom. The van der Waals surface area contributed by atoms with Crippen molar-refractivity contribution in [1.82, 2.24) is 0 Å². The van der Waals surface area contributed by atoms with E-state index in [1.165, 1.54) is 36.0 Å². The van der Waals surface area contributed by atoms with Gasteiger partial charge in [-0.1, -0.05) is 0 Å². The van der Waals surface area contributed by atoms with Crippen molar-refractivity contribution >= 4 is 45.0 Å². The zero-order valence-electron chi connectivity index (χ0n) is 17.9. The van der Waals surface area contributed by atoms with Crippen molar-refractivity contribution in [2.75, 3.05) is 17.7 Å². The third-order valence-corrected chi connectivity index (χ3v) is 6.64. The van der Waals surface area contributed by atoms with Gasteiger partial charge in [-0.05, 0) is 79.7 Å². The standard InChI is InChI=1S/C23H23N3O5S2/c1-15(22(27)25-18-7-13-21(14-8-18)33(24,29)30)32-20-11-5-17(6-12-20)26-23(28)16-3-9-19(31-2)10-4-16/h3-15H,1-2H3,(H,25,27)(H,26,28)(H2,24,29,30). The van der Waals surface area contributed by atoms with Gasteiger partial charge in [-0.25, -0.2) is 13.6 Å². The van der Waals surface area contributed by atoms with Crippen molar-refractivity contribution in [1.29, 1.82) is 0 Å². The number of carbonyl (C=O) groups is 2. The first-order chi connectivity index (χ1) is 15.7. The van der Waals surface area contributed by atoms with Crippen LogP contribution in [0.3, 0.4) is 0 Å². The Morgan fingerprint density at radius 3 is 1.97 bits per heavy atom. The monoisotopic (exact) mass is 485 g/mol. The van der Waals surface area contributed by atoms with E-state index in [9.17, 15) is 18.0 Å². The zero-order chi connectivity index (χ0) is 24.0. The van der Waals surface area contributed by atoms with Crippen LogP contribution in [-0.2, 0) is 14.8 Å². The lowest BCUT2D eigenvalue weighted by Crippen LogP contribution is -2.22. The molecule has 0 radical (unpaired) electrons. The zero-order valence-corrected chi connectivity index (χ0v) is 19.6. The van der Waals surface area contributed by atoms with Gasteiger partial charge in [0, 0.05) is 21.8 Å². The quantitative estimate of drug-likeness (QED) is 0.417. The highest BCUT2D eigenvalue weighted by Crippen LogP contribution is 2.26. The fourth-order valence-electron chi connectivity index (χ4n) is 2.79. The summed E-state index contributed by atoms with van der Waals surface area (Å²) in [6, 6.07) is 19.6. The first-order valence-corrected chi connectivity index (χ1v) is 12.2. The SMILES string of the molecule is COc1ccc(C(=O)Nc2ccc(SC(C)C(=O)Nc3ccc(S(N)(=O)=O)cc3)cc2)cc1. The Bertz CT molecular complexity index is 1230. The van der Waals surface area contributed by atoms with Crippen LogP contribution in [0.4, 0.5) is 11.4 Å². The molecule has 10 heteroatoms. The molecule has 0 saturated carbocycles. The highest BCUT2D eigenvalue weighted by molar-refractivity contribution is 8.00. The topological polar surface area (TPSA) is 128 Å². The molecule has 33 heavy (non-hydrogen) atoms. The van der Waals surface area contributed by atoms with Crippen molar-refractivity contribution in [2.45, 2.75) is 22.0 Å². The molecule has 1 unspecified atom stereocenters. The van der Waals surface area contributed by atoms with E-state index in [2.05, 4.69) is 10.6 Å². The van der Waals surface area contributed by atoms with E-state index in [4.69, 9.17) is 9.88 Å². The van der Waals surface area contributed by atoms with Crippen molar-refractivity contribution in [3.63, 3.8) is 0 Å². The number of sulfonamides is 1. The Kier molecular flexibility index (Phi) is 7.75. The minimum absolute atomic E-state index is 0.0258. The van der Waals surface area contributed by atoms with E-state index in [0.29, 0.717) is 22.7 Å². The molecule has 0 aliphatic rings. The third-order valence-electron chi connectivity index (χ3n) is 4.60. The van der Waals surface area contributed by atoms with E-state index >= 15 is 0 Å². The summed E-state index contributed by atoms with van der Waals surface area (Å²) in [6.45, 7) is 1.76. The van der Waals surface area contributed by atoms with Crippen LogP contribution in [-0.4, -0.2) is 32.6 Å². The summed E-state index contributed by atoms with van der Waals surface area (Å²) in [4.78, 5) is 25.7. The molecule has 0 aliphatic heterocycles. The molecule has 172 valence electrons. The lowest BCUT2D eigenvalue weighted by Gasteiger charge is -2.13. The molecule has 1 atom stereocenters. The molecule has 0 aromatic heterocycles. The first-order valence-electron chi connectivity index (χ1n) is 9.81. The summed E-state index contributed by atoms with van der Waals surface area (Å²) in [5.41, 5.74) is 1.61. The Hall–Kier alpha value is -3.34. The number of methoxy groups -OCH3 is 1. The number of thioether (sulfide) groups is 1. The van der Waals surface area contributed by atoms with E-state index in [0.717, 1.165) is 4.90 Å². The number of benzene rings is 3. The molecule has 0 bridgehead atoms. The minimum Gasteiger partial charge on any atom is -0.497 e. The van der Waals surface area contributed by atoms with Crippen molar-refractivity contribution in [2.24, 2.45) is 5.14 Å². The fourth-order valence-corrected chi connectivity index (χ4v) is 4.17. The van der Waals surface area contributed by atoms with Crippen LogP contribution in [0.5, 0.6) is 5.75 Å². The molecule has 3 rings (SSSR count). The maximum Gasteiger partial charge on any atom is 0.255 e. The fraction of sp³-hybridized carbons (Fsp3) is 0.130. The van der Waals surface area contributed by atoms with Gasteiger partial charge < -0.3 is 15.4 Å². The van der Waals surface area contributed by atoms with Gasteiger partial charge >= 0.3 is 0 Å². The average Bonchev–Trinajstić information content (AvgIpc) is 2.80. The molecule has 8 nitrogen and oxygen atoms in total. The lowest BCUT2D eigenvalue weighted by atomic mass is 10.2. The maximum absolute atomic E-state index is 12.5. The smallest absolute Gasteiger partial charge is 0.255 e. The number of anilines is 2. The predicted octanol–water partition coefficient (Wildman–Crippen LogP) is 3.71. The number of rotatable bonds is 8. The van der Waals surface area contributed by atoms with Crippen molar-refractivity contribution < 1.29 is 22.7 Å². The molecular formula is C23H23N3O5S2. The number of nitrogens with two attached hydrogens (primary N) is 1. The largest absolute Gasteiger partial charge is 0.497 e. The summed E-state index contributed by atoms with van der Waals surface area (Å²) in [5, 5.41) is 10.2. The van der Waals surface area contributed by atoms with Crippen LogP contribution in [0.1, 0.15) is 17.3 Å². The molecule has 0 spiro atoms. The van der Waals surface area contributed by atoms with Crippen LogP contribution in [0.15, 0.2) is 82.6 Å². The molecule has 0 fully saturated rings. The number of nitrogens with one attached hydrogen (secondary N) is 2. The molecule has 0 aliphatic carbocycles. The number of hydrogen-bond acceptors (Lipinski definition) is 6. The molecule has 0 saturated heterocycles. The second-order valence-corrected chi connectivity index (χ2v) is 10.0. The van der Waals surface area contributed by atoms with Gasteiger partial charge in [-0.3, -0.25) is 9.59 Å². The van der Waals surface area contributed by atoms with Gasteiger partial charge in [0.2, 0.25) is 15.9 Å². The van der Waals surface area contributed by atoms with Gasteiger partial charge in [0.25, 0.3) is 5.91 Å². The van der Waals surface area contributed by atoms with Gasteiger partial charge in [-0.2, -0.15) is 0 Å². The summed E-state index contributed by atoms with van der Waals surface area (Å²) in [6.07, 6.45) is 0. The van der Waals surface area contributed by atoms with Gasteiger partial charge in [0.05, 0.1) is 17.3 Å². The van der Waals surface area contributed by atoms with Gasteiger partial charge in [-0.15, -0.1) is 11.8 Å².